The molecule has 2 heterocycles. The standard InChI is InChI=1S/C20H27NO3S2/c22-20(14-25-17-6-4-5-7-17)21-15-10-11-16(21)13-19(12-15)26(23,24)18-8-2-1-3-9-18/h1-3,8-9,15-17,19H,4-7,10-14H2. The van der Waals surface area contributed by atoms with Crippen LogP contribution in [0.3, 0.4) is 0 Å². The number of piperidine rings is 1. The fourth-order valence-corrected chi connectivity index (χ4v) is 7.98. The van der Waals surface area contributed by atoms with E-state index in [-0.39, 0.29) is 23.2 Å². The van der Waals surface area contributed by atoms with E-state index in [0.717, 1.165) is 12.8 Å². The van der Waals surface area contributed by atoms with Crippen LogP contribution in [0, 0.1) is 0 Å². The molecule has 142 valence electrons. The molecule has 6 heteroatoms. The van der Waals surface area contributed by atoms with Crippen molar-refractivity contribution in [3.05, 3.63) is 30.3 Å². The summed E-state index contributed by atoms with van der Waals surface area (Å²) < 4.78 is 25.9. The largest absolute Gasteiger partial charge is 0.336 e. The molecule has 0 radical (unpaired) electrons. The summed E-state index contributed by atoms with van der Waals surface area (Å²) in [5.41, 5.74) is 0. The van der Waals surface area contributed by atoms with Crippen LogP contribution in [0.5, 0.6) is 0 Å². The molecule has 1 saturated carbocycles. The first-order valence-corrected chi connectivity index (χ1v) is 12.4. The van der Waals surface area contributed by atoms with Gasteiger partial charge in [-0.3, -0.25) is 4.79 Å². The minimum absolute atomic E-state index is 0.105. The van der Waals surface area contributed by atoms with Crippen LogP contribution in [0.25, 0.3) is 0 Å². The molecule has 26 heavy (non-hydrogen) atoms. The average Bonchev–Trinajstić information content (AvgIpc) is 3.26. The van der Waals surface area contributed by atoms with E-state index in [1.54, 1.807) is 24.3 Å². The number of hydrogen-bond donors (Lipinski definition) is 0. The summed E-state index contributed by atoms with van der Waals surface area (Å²) in [6, 6.07) is 8.98. The van der Waals surface area contributed by atoms with Gasteiger partial charge >= 0.3 is 0 Å². The Morgan fingerprint density at radius 2 is 1.62 bits per heavy atom. The van der Waals surface area contributed by atoms with Gasteiger partial charge in [-0.2, -0.15) is 0 Å². The summed E-state index contributed by atoms with van der Waals surface area (Å²) in [4.78, 5) is 15.3. The predicted octanol–water partition coefficient (Wildman–Crippen LogP) is 3.66. The topological polar surface area (TPSA) is 54.5 Å². The minimum Gasteiger partial charge on any atom is -0.336 e. The number of hydrogen-bond acceptors (Lipinski definition) is 4. The van der Waals surface area contributed by atoms with Crippen LogP contribution < -0.4 is 0 Å². The second-order valence-electron chi connectivity index (χ2n) is 7.85. The highest BCUT2D eigenvalue weighted by molar-refractivity contribution is 8.00. The lowest BCUT2D eigenvalue weighted by molar-refractivity contribution is -0.132. The molecular weight excluding hydrogens is 366 g/mol. The zero-order valence-electron chi connectivity index (χ0n) is 15.0. The third-order valence-electron chi connectivity index (χ3n) is 6.23. The average molecular weight is 394 g/mol. The van der Waals surface area contributed by atoms with E-state index in [0.29, 0.717) is 28.7 Å². The molecule has 2 bridgehead atoms. The van der Waals surface area contributed by atoms with E-state index in [1.807, 2.05) is 22.7 Å². The lowest BCUT2D eigenvalue weighted by atomic mass is 10.0. The number of benzene rings is 1. The third kappa shape index (κ3) is 3.55. The smallest absolute Gasteiger partial charge is 0.233 e. The second-order valence-corrected chi connectivity index (χ2v) is 11.4. The van der Waals surface area contributed by atoms with E-state index in [1.165, 1.54) is 25.7 Å². The number of rotatable bonds is 5. The maximum atomic E-state index is 13.0. The van der Waals surface area contributed by atoms with Crippen molar-refractivity contribution in [3.63, 3.8) is 0 Å². The number of fused-ring (bicyclic) bond motifs is 2. The van der Waals surface area contributed by atoms with Gasteiger partial charge in [-0.25, -0.2) is 8.42 Å². The first-order chi connectivity index (χ1) is 12.6. The van der Waals surface area contributed by atoms with Crippen LogP contribution in [-0.2, 0) is 14.6 Å². The lowest BCUT2D eigenvalue weighted by Crippen LogP contribution is -2.50. The Morgan fingerprint density at radius 3 is 2.23 bits per heavy atom. The summed E-state index contributed by atoms with van der Waals surface area (Å²) in [5.74, 6) is 0.790. The Bertz CT molecular complexity index is 730. The SMILES string of the molecule is O=C(CSC1CCCC1)N1C2CCC1CC(S(=O)(=O)c1ccccc1)C2. The first kappa shape index (κ1) is 18.4. The van der Waals surface area contributed by atoms with E-state index >= 15 is 0 Å². The molecule has 0 aromatic heterocycles. The molecule has 1 amide bonds. The maximum absolute atomic E-state index is 13.0. The highest BCUT2D eigenvalue weighted by Gasteiger charge is 2.47. The minimum atomic E-state index is -3.31. The molecular formula is C20H27NO3S2. The Balaban J connectivity index is 1.41. The molecule has 3 fully saturated rings. The van der Waals surface area contributed by atoms with Gasteiger partial charge in [-0.15, -0.1) is 11.8 Å². The van der Waals surface area contributed by atoms with Gasteiger partial charge in [0, 0.05) is 17.3 Å². The Kier molecular flexibility index (Phi) is 5.33. The number of carbonyl (C=O) groups excluding carboxylic acids is 1. The highest BCUT2D eigenvalue weighted by Crippen LogP contribution is 2.40. The molecule has 0 spiro atoms. The van der Waals surface area contributed by atoms with E-state index in [9.17, 15) is 13.2 Å². The van der Waals surface area contributed by atoms with Crippen molar-refractivity contribution in [3.8, 4) is 0 Å². The number of thioether (sulfide) groups is 1. The second kappa shape index (κ2) is 7.55. The molecule has 2 saturated heterocycles. The summed E-state index contributed by atoms with van der Waals surface area (Å²) in [6.07, 6.45) is 8.14. The van der Waals surface area contributed by atoms with Crippen molar-refractivity contribution in [2.24, 2.45) is 0 Å². The number of carbonyl (C=O) groups is 1. The van der Waals surface area contributed by atoms with E-state index in [2.05, 4.69) is 0 Å². The van der Waals surface area contributed by atoms with Crippen LogP contribution in [0.4, 0.5) is 0 Å². The van der Waals surface area contributed by atoms with Crippen LogP contribution in [0.2, 0.25) is 0 Å². The van der Waals surface area contributed by atoms with Crippen molar-refractivity contribution in [1.82, 2.24) is 4.90 Å². The monoisotopic (exact) mass is 393 g/mol. The Hall–Kier alpha value is -1.01. The molecule has 3 aliphatic rings. The summed E-state index contributed by atoms with van der Waals surface area (Å²) in [6.45, 7) is 0. The van der Waals surface area contributed by atoms with Gasteiger partial charge in [0.05, 0.1) is 15.9 Å². The fourth-order valence-electron chi connectivity index (χ4n) is 4.91. The zero-order valence-corrected chi connectivity index (χ0v) is 16.7. The molecule has 4 rings (SSSR count). The van der Waals surface area contributed by atoms with Gasteiger partial charge in [-0.1, -0.05) is 31.0 Å². The predicted molar refractivity (Wildman–Crippen MR) is 105 cm³/mol. The Labute approximate surface area is 160 Å². The van der Waals surface area contributed by atoms with Crippen LogP contribution in [0.15, 0.2) is 35.2 Å². The maximum Gasteiger partial charge on any atom is 0.233 e. The van der Waals surface area contributed by atoms with Crippen molar-refractivity contribution in [1.29, 1.82) is 0 Å². The van der Waals surface area contributed by atoms with Gasteiger partial charge < -0.3 is 4.90 Å². The van der Waals surface area contributed by atoms with Crippen molar-refractivity contribution in [2.75, 3.05) is 5.75 Å². The molecule has 1 aromatic carbocycles. The molecule has 1 aliphatic carbocycles. The third-order valence-corrected chi connectivity index (χ3v) is 9.78. The molecule has 1 aromatic rings. The number of sulfone groups is 1. The first-order valence-electron chi connectivity index (χ1n) is 9.77. The normalized spacial score (nSPS) is 29.2. The van der Waals surface area contributed by atoms with Gasteiger partial charge in [0.15, 0.2) is 9.84 Å². The van der Waals surface area contributed by atoms with Crippen molar-refractivity contribution in [2.45, 2.75) is 78.8 Å². The molecule has 2 atom stereocenters. The number of nitrogens with zero attached hydrogens (tertiary/aromatic N) is 1. The highest BCUT2D eigenvalue weighted by atomic mass is 32.2. The summed E-state index contributed by atoms with van der Waals surface area (Å²) in [7, 11) is -3.31. The van der Waals surface area contributed by atoms with Crippen molar-refractivity contribution < 1.29 is 13.2 Å². The summed E-state index contributed by atoms with van der Waals surface area (Å²) >= 11 is 1.81. The van der Waals surface area contributed by atoms with Gasteiger partial charge in [0.25, 0.3) is 0 Å². The fraction of sp³-hybridized carbons (Fsp3) is 0.650. The van der Waals surface area contributed by atoms with E-state index < -0.39 is 9.84 Å². The molecule has 2 unspecified atom stereocenters. The Morgan fingerprint density at radius 1 is 1.00 bits per heavy atom. The van der Waals surface area contributed by atoms with Crippen molar-refractivity contribution >= 4 is 27.5 Å². The molecule has 0 N–H and O–H groups in total. The van der Waals surface area contributed by atoms with Gasteiger partial charge in [0.1, 0.15) is 0 Å². The zero-order chi connectivity index (χ0) is 18.1. The van der Waals surface area contributed by atoms with Crippen LogP contribution in [0.1, 0.15) is 51.4 Å². The van der Waals surface area contributed by atoms with Gasteiger partial charge in [-0.05, 0) is 50.7 Å². The molecule has 2 aliphatic heterocycles. The summed E-state index contributed by atoms with van der Waals surface area (Å²) in [5, 5.41) is 0.293. The van der Waals surface area contributed by atoms with E-state index in [4.69, 9.17) is 0 Å². The lowest BCUT2D eigenvalue weighted by Gasteiger charge is -2.38. The number of amides is 1. The van der Waals surface area contributed by atoms with Gasteiger partial charge in [0.2, 0.25) is 5.91 Å². The van der Waals surface area contributed by atoms with Crippen LogP contribution >= 0.6 is 11.8 Å². The van der Waals surface area contributed by atoms with Crippen LogP contribution in [-0.4, -0.2) is 47.6 Å². The quantitative estimate of drug-likeness (QED) is 0.766. The molecule has 4 nitrogen and oxygen atoms in total.